The molecule has 1 aliphatic rings. The second-order valence-electron chi connectivity index (χ2n) is 6.51. The zero-order valence-corrected chi connectivity index (χ0v) is 14.1. The van der Waals surface area contributed by atoms with E-state index in [4.69, 9.17) is 0 Å². The summed E-state index contributed by atoms with van der Waals surface area (Å²) in [6, 6.07) is 10.1. The van der Waals surface area contributed by atoms with Crippen molar-refractivity contribution in [3.05, 3.63) is 35.2 Å². The SMILES string of the molecule is CCC1CN(Cc2csc3ccccc23)C(C(C)C)CN1. The van der Waals surface area contributed by atoms with Crippen LogP contribution in [0.25, 0.3) is 10.1 Å². The molecule has 0 amide bonds. The van der Waals surface area contributed by atoms with E-state index in [1.54, 1.807) is 0 Å². The number of benzene rings is 1. The van der Waals surface area contributed by atoms with Gasteiger partial charge in [0, 0.05) is 36.4 Å². The smallest absolute Gasteiger partial charge is 0.0346 e. The normalized spacial score (nSPS) is 24.0. The molecular weight excluding hydrogens is 276 g/mol. The van der Waals surface area contributed by atoms with Crippen molar-refractivity contribution in [1.29, 1.82) is 0 Å². The monoisotopic (exact) mass is 302 g/mol. The molecule has 21 heavy (non-hydrogen) atoms. The summed E-state index contributed by atoms with van der Waals surface area (Å²) in [7, 11) is 0. The van der Waals surface area contributed by atoms with Crippen LogP contribution in [0.15, 0.2) is 29.6 Å². The molecule has 2 nitrogen and oxygen atoms in total. The molecule has 1 N–H and O–H groups in total. The van der Waals surface area contributed by atoms with Gasteiger partial charge < -0.3 is 5.32 Å². The van der Waals surface area contributed by atoms with Crippen LogP contribution in [0, 0.1) is 5.92 Å². The summed E-state index contributed by atoms with van der Waals surface area (Å²) in [5.74, 6) is 0.695. The Morgan fingerprint density at radius 1 is 1.33 bits per heavy atom. The first kappa shape index (κ1) is 15.0. The van der Waals surface area contributed by atoms with Crippen LogP contribution in [0.4, 0.5) is 0 Å². The van der Waals surface area contributed by atoms with Crippen molar-refractivity contribution < 1.29 is 0 Å². The van der Waals surface area contributed by atoms with Gasteiger partial charge in [0.25, 0.3) is 0 Å². The zero-order chi connectivity index (χ0) is 14.8. The van der Waals surface area contributed by atoms with Crippen molar-refractivity contribution in [2.75, 3.05) is 13.1 Å². The van der Waals surface area contributed by atoms with Gasteiger partial charge in [-0.1, -0.05) is 39.0 Å². The van der Waals surface area contributed by atoms with E-state index >= 15 is 0 Å². The largest absolute Gasteiger partial charge is 0.311 e. The maximum atomic E-state index is 3.71. The highest BCUT2D eigenvalue weighted by Gasteiger charge is 2.29. The molecule has 3 heteroatoms. The minimum absolute atomic E-state index is 0.643. The molecule has 114 valence electrons. The Morgan fingerprint density at radius 3 is 2.90 bits per heavy atom. The Hall–Kier alpha value is -0.900. The van der Waals surface area contributed by atoms with E-state index in [-0.39, 0.29) is 0 Å². The van der Waals surface area contributed by atoms with Crippen LogP contribution in [-0.4, -0.2) is 30.1 Å². The molecule has 1 fully saturated rings. The average molecular weight is 302 g/mol. The minimum atomic E-state index is 0.643. The number of hydrogen-bond donors (Lipinski definition) is 1. The molecule has 0 bridgehead atoms. The topological polar surface area (TPSA) is 15.3 Å². The fourth-order valence-corrected chi connectivity index (χ4v) is 4.34. The molecule has 2 heterocycles. The van der Waals surface area contributed by atoms with E-state index in [9.17, 15) is 0 Å². The highest BCUT2D eigenvalue weighted by atomic mass is 32.1. The number of rotatable bonds is 4. The molecule has 2 atom stereocenters. The van der Waals surface area contributed by atoms with E-state index in [0.717, 1.165) is 13.1 Å². The molecule has 1 aliphatic heterocycles. The lowest BCUT2D eigenvalue weighted by molar-refractivity contribution is 0.0905. The first-order valence-electron chi connectivity index (χ1n) is 8.11. The van der Waals surface area contributed by atoms with Gasteiger partial charge in [0.1, 0.15) is 0 Å². The van der Waals surface area contributed by atoms with Gasteiger partial charge in [-0.15, -0.1) is 11.3 Å². The van der Waals surface area contributed by atoms with Crippen LogP contribution >= 0.6 is 11.3 Å². The van der Waals surface area contributed by atoms with E-state index in [0.29, 0.717) is 18.0 Å². The standard InChI is InChI=1S/C18H26N2S/c1-4-15-11-20(17(9-19-15)13(2)3)10-14-12-21-18-8-6-5-7-16(14)18/h5-8,12-13,15,17,19H,4,9-11H2,1-3H3. The molecule has 0 radical (unpaired) electrons. The molecule has 1 saturated heterocycles. The molecule has 1 aromatic carbocycles. The summed E-state index contributed by atoms with van der Waals surface area (Å²) < 4.78 is 1.41. The predicted octanol–water partition coefficient (Wildman–Crippen LogP) is 4.11. The van der Waals surface area contributed by atoms with E-state index in [2.05, 4.69) is 60.6 Å². The van der Waals surface area contributed by atoms with Crippen LogP contribution in [0.3, 0.4) is 0 Å². The predicted molar refractivity (Wildman–Crippen MR) is 92.9 cm³/mol. The van der Waals surface area contributed by atoms with Crippen molar-refractivity contribution in [2.45, 2.75) is 45.8 Å². The lowest BCUT2D eigenvalue weighted by atomic mass is 9.97. The maximum Gasteiger partial charge on any atom is 0.0346 e. The second-order valence-corrected chi connectivity index (χ2v) is 7.42. The average Bonchev–Trinajstić information content (AvgIpc) is 2.90. The van der Waals surface area contributed by atoms with Gasteiger partial charge >= 0.3 is 0 Å². The first-order valence-corrected chi connectivity index (χ1v) is 8.99. The summed E-state index contributed by atoms with van der Waals surface area (Å²) in [6.07, 6.45) is 1.21. The number of piperazine rings is 1. The lowest BCUT2D eigenvalue weighted by Gasteiger charge is -2.42. The molecule has 0 spiro atoms. The summed E-state index contributed by atoms with van der Waals surface area (Å²) in [6.45, 7) is 10.4. The van der Waals surface area contributed by atoms with Gasteiger partial charge in [-0.3, -0.25) is 4.90 Å². The van der Waals surface area contributed by atoms with Gasteiger partial charge in [0.15, 0.2) is 0 Å². The molecule has 0 saturated carbocycles. The van der Waals surface area contributed by atoms with Gasteiger partial charge in [-0.25, -0.2) is 0 Å². The summed E-state index contributed by atoms with van der Waals surface area (Å²) in [5.41, 5.74) is 1.50. The number of nitrogens with one attached hydrogen (secondary N) is 1. The van der Waals surface area contributed by atoms with Crippen LogP contribution in [0.2, 0.25) is 0 Å². The maximum absolute atomic E-state index is 3.71. The second kappa shape index (κ2) is 6.47. The van der Waals surface area contributed by atoms with Crippen molar-refractivity contribution in [3.8, 4) is 0 Å². The molecule has 2 aromatic rings. The summed E-state index contributed by atoms with van der Waals surface area (Å²) >= 11 is 1.88. The van der Waals surface area contributed by atoms with Crippen LogP contribution in [-0.2, 0) is 6.54 Å². The molecule has 3 rings (SSSR count). The first-order chi connectivity index (χ1) is 10.2. The molecule has 0 aliphatic carbocycles. The third kappa shape index (κ3) is 3.15. The van der Waals surface area contributed by atoms with Crippen molar-refractivity contribution in [2.24, 2.45) is 5.92 Å². The Labute approximate surface area is 132 Å². The third-order valence-corrected chi connectivity index (χ3v) is 5.75. The van der Waals surface area contributed by atoms with Crippen LogP contribution in [0.1, 0.15) is 32.8 Å². The molecule has 1 aromatic heterocycles. The summed E-state index contributed by atoms with van der Waals surface area (Å²) in [5, 5.41) is 7.50. The number of hydrogen-bond acceptors (Lipinski definition) is 3. The quantitative estimate of drug-likeness (QED) is 0.914. The minimum Gasteiger partial charge on any atom is -0.311 e. The van der Waals surface area contributed by atoms with Gasteiger partial charge in [-0.2, -0.15) is 0 Å². The third-order valence-electron chi connectivity index (χ3n) is 4.74. The fraction of sp³-hybridized carbons (Fsp3) is 0.556. The van der Waals surface area contributed by atoms with Crippen LogP contribution in [0.5, 0.6) is 0 Å². The molecular formula is C18H26N2S. The Bertz CT molecular complexity index is 590. The number of nitrogens with zero attached hydrogens (tertiary/aromatic N) is 1. The summed E-state index contributed by atoms with van der Waals surface area (Å²) in [4.78, 5) is 2.70. The van der Waals surface area contributed by atoms with Crippen LogP contribution < -0.4 is 5.32 Å². The van der Waals surface area contributed by atoms with E-state index < -0.39 is 0 Å². The van der Waals surface area contributed by atoms with Crippen molar-refractivity contribution in [3.63, 3.8) is 0 Å². The van der Waals surface area contributed by atoms with E-state index in [1.165, 1.54) is 28.6 Å². The fourth-order valence-electron chi connectivity index (χ4n) is 3.39. The highest BCUT2D eigenvalue weighted by molar-refractivity contribution is 7.17. The highest BCUT2D eigenvalue weighted by Crippen LogP contribution is 2.28. The number of fused-ring (bicyclic) bond motifs is 1. The van der Waals surface area contributed by atoms with Crippen molar-refractivity contribution >= 4 is 21.4 Å². The molecule has 2 unspecified atom stereocenters. The van der Waals surface area contributed by atoms with Gasteiger partial charge in [0.2, 0.25) is 0 Å². The number of thiophene rings is 1. The Balaban J connectivity index is 1.82. The van der Waals surface area contributed by atoms with Gasteiger partial charge in [0.05, 0.1) is 0 Å². The lowest BCUT2D eigenvalue weighted by Crippen LogP contribution is -2.57. The zero-order valence-electron chi connectivity index (χ0n) is 13.3. The van der Waals surface area contributed by atoms with E-state index in [1.807, 2.05) is 11.3 Å². The van der Waals surface area contributed by atoms with Gasteiger partial charge in [-0.05, 0) is 34.7 Å². The van der Waals surface area contributed by atoms with Crippen molar-refractivity contribution in [1.82, 2.24) is 10.2 Å². The Morgan fingerprint density at radius 2 is 2.14 bits per heavy atom. The Kier molecular flexibility index (Phi) is 4.63.